The average Bonchev–Trinajstić information content (AvgIpc) is 2.46. The first-order valence-electron chi connectivity index (χ1n) is 6.38. The predicted octanol–water partition coefficient (Wildman–Crippen LogP) is 3.80. The Morgan fingerprint density at radius 1 is 1.15 bits per heavy atom. The molecule has 0 bridgehead atoms. The first-order valence-corrected chi connectivity index (χ1v) is 7.18. The molecule has 0 fully saturated rings. The van der Waals surface area contributed by atoms with Crippen molar-refractivity contribution in [3.63, 3.8) is 0 Å². The molecule has 0 aliphatic carbocycles. The topological polar surface area (TPSA) is 55.2 Å². The molecule has 0 unspecified atom stereocenters. The zero-order chi connectivity index (χ0) is 14.1. The zero-order valence-electron chi connectivity index (χ0n) is 10.6. The fourth-order valence-corrected chi connectivity index (χ4v) is 2.88. The highest BCUT2D eigenvalue weighted by Gasteiger charge is 2.37. The summed E-state index contributed by atoms with van der Waals surface area (Å²) in [5.41, 5.74) is 2.92. The zero-order valence-corrected chi connectivity index (χ0v) is 12.2. The smallest absolute Gasteiger partial charge is 0.241 e. The Morgan fingerprint density at radius 3 is 2.55 bits per heavy atom. The van der Waals surface area contributed by atoms with E-state index in [1.807, 2.05) is 48.5 Å². The number of benzene rings is 2. The van der Waals surface area contributed by atoms with Crippen molar-refractivity contribution in [3.8, 4) is 0 Å². The van der Waals surface area contributed by atoms with Gasteiger partial charge in [0.15, 0.2) is 0 Å². The second kappa shape index (κ2) is 5.25. The minimum absolute atomic E-state index is 0.185. The van der Waals surface area contributed by atoms with Crippen molar-refractivity contribution in [1.29, 1.82) is 0 Å². The van der Waals surface area contributed by atoms with Crippen LogP contribution in [0.25, 0.3) is 0 Å². The molecule has 1 N–H and O–H groups in total. The van der Waals surface area contributed by atoms with Gasteiger partial charge in [-0.05, 0) is 29.3 Å². The Labute approximate surface area is 125 Å². The fraction of sp³-hybridized carbons (Fsp3) is 0.200. The van der Waals surface area contributed by atoms with Crippen LogP contribution in [0.5, 0.6) is 0 Å². The highest BCUT2D eigenvalue weighted by molar-refractivity contribution is 9.10. The molecule has 0 spiro atoms. The molecule has 1 aliphatic rings. The summed E-state index contributed by atoms with van der Waals surface area (Å²) in [4.78, 5) is 11.2. The molecule has 0 saturated carbocycles. The van der Waals surface area contributed by atoms with E-state index in [-0.39, 0.29) is 11.0 Å². The number of nitro groups is 1. The first-order chi connectivity index (χ1) is 9.65. The molecule has 4 nitrogen and oxygen atoms in total. The van der Waals surface area contributed by atoms with Crippen LogP contribution in [0, 0.1) is 10.1 Å². The lowest BCUT2D eigenvalue weighted by Crippen LogP contribution is -2.38. The lowest BCUT2D eigenvalue weighted by Gasteiger charge is -2.29. The van der Waals surface area contributed by atoms with E-state index in [0.29, 0.717) is 6.42 Å². The quantitative estimate of drug-likeness (QED) is 0.672. The number of halogens is 1. The van der Waals surface area contributed by atoms with Gasteiger partial charge in [-0.25, -0.2) is 0 Å². The third-order valence-corrected chi connectivity index (χ3v) is 4.17. The van der Waals surface area contributed by atoms with Crippen molar-refractivity contribution >= 4 is 21.6 Å². The number of nitrogens with one attached hydrogen (secondary N) is 1. The van der Waals surface area contributed by atoms with Crippen LogP contribution in [0.1, 0.15) is 17.2 Å². The van der Waals surface area contributed by atoms with Crippen LogP contribution in [-0.2, 0) is 6.42 Å². The summed E-state index contributed by atoms with van der Waals surface area (Å²) in [5.74, 6) is 0. The van der Waals surface area contributed by atoms with Gasteiger partial charge in [-0.15, -0.1) is 0 Å². The molecule has 0 radical (unpaired) electrons. The molecule has 2 aromatic rings. The summed E-state index contributed by atoms with van der Waals surface area (Å²) < 4.78 is 0.968. The Bertz CT molecular complexity index is 643. The van der Waals surface area contributed by atoms with Gasteiger partial charge in [0.05, 0.1) is 0 Å². The molecule has 0 aromatic heterocycles. The van der Waals surface area contributed by atoms with E-state index in [9.17, 15) is 10.1 Å². The molecule has 3 rings (SSSR count). The number of hydrogen-bond acceptors (Lipinski definition) is 3. The van der Waals surface area contributed by atoms with Gasteiger partial charge in [0, 0.05) is 21.5 Å². The van der Waals surface area contributed by atoms with Gasteiger partial charge >= 0.3 is 0 Å². The van der Waals surface area contributed by atoms with Gasteiger partial charge in [0.1, 0.15) is 6.04 Å². The molecule has 5 heteroatoms. The number of para-hydroxylation sites is 1. The van der Waals surface area contributed by atoms with Crippen LogP contribution in [0.3, 0.4) is 0 Å². The van der Waals surface area contributed by atoms with Crippen LogP contribution in [0.2, 0.25) is 0 Å². The van der Waals surface area contributed by atoms with Crippen molar-refractivity contribution in [1.82, 2.24) is 0 Å². The molecular weight excluding hydrogens is 320 g/mol. The van der Waals surface area contributed by atoms with Crippen LogP contribution in [0.4, 0.5) is 5.69 Å². The summed E-state index contributed by atoms with van der Waals surface area (Å²) in [6.07, 6.45) is 0.455. The molecule has 1 heterocycles. The second-order valence-electron chi connectivity index (χ2n) is 4.89. The lowest BCUT2D eigenvalue weighted by atomic mass is 9.89. The minimum Gasteiger partial charge on any atom is -0.372 e. The van der Waals surface area contributed by atoms with Gasteiger partial charge in [-0.1, -0.05) is 46.3 Å². The third kappa shape index (κ3) is 2.41. The summed E-state index contributed by atoms with van der Waals surface area (Å²) >= 11 is 3.39. The highest BCUT2D eigenvalue weighted by Crippen LogP contribution is 2.34. The molecule has 0 saturated heterocycles. The van der Waals surface area contributed by atoms with Gasteiger partial charge in [-0.2, -0.15) is 0 Å². The second-order valence-corrected chi connectivity index (χ2v) is 5.80. The third-order valence-electron chi connectivity index (χ3n) is 3.64. The van der Waals surface area contributed by atoms with Crippen molar-refractivity contribution in [3.05, 3.63) is 74.2 Å². The van der Waals surface area contributed by atoms with E-state index in [1.165, 1.54) is 0 Å². The molecule has 20 heavy (non-hydrogen) atoms. The number of hydrogen-bond donors (Lipinski definition) is 1. The van der Waals surface area contributed by atoms with Crippen molar-refractivity contribution in [2.45, 2.75) is 18.5 Å². The highest BCUT2D eigenvalue weighted by atomic mass is 79.9. The van der Waals surface area contributed by atoms with Gasteiger partial charge in [0.25, 0.3) is 0 Å². The Morgan fingerprint density at radius 2 is 1.85 bits per heavy atom. The number of fused-ring (bicyclic) bond motifs is 1. The van der Waals surface area contributed by atoms with Gasteiger partial charge < -0.3 is 5.32 Å². The van der Waals surface area contributed by atoms with Crippen molar-refractivity contribution in [2.75, 3.05) is 5.32 Å². The van der Waals surface area contributed by atoms with E-state index in [0.717, 1.165) is 21.3 Å². The Kier molecular flexibility index (Phi) is 3.44. The Balaban J connectivity index is 2.00. The first kappa shape index (κ1) is 13.1. The molecule has 2 atom stereocenters. The predicted molar refractivity (Wildman–Crippen MR) is 81.4 cm³/mol. The average molecular weight is 333 g/mol. The maximum absolute atomic E-state index is 11.4. The number of rotatable bonds is 2. The molecular formula is C15H13BrN2O2. The van der Waals surface area contributed by atoms with Crippen LogP contribution < -0.4 is 5.32 Å². The Hall–Kier alpha value is -1.88. The van der Waals surface area contributed by atoms with E-state index in [2.05, 4.69) is 21.2 Å². The number of nitrogens with zero attached hydrogens (tertiary/aromatic N) is 1. The molecule has 1 aliphatic heterocycles. The van der Waals surface area contributed by atoms with E-state index in [4.69, 9.17) is 0 Å². The van der Waals surface area contributed by atoms with Gasteiger partial charge in [-0.3, -0.25) is 10.1 Å². The summed E-state index contributed by atoms with van der Waals surface area (Å²) in [6, 6.07) is 14.5. The van der Waals surface area contributed by atoms with Crippen LogP contribution in [-0.4, -0.2) is 11.0 Å². The maximum Gasteiger partial charge on any atom is 0.241 e. The summed E-state index contributed by atoms with van der Waals surface area (Å²) in [6.45, 7) is 0. The fourth-order valence-electron chi connectivity index (χ4n) is 2.62. The van der Waals surface area contributed by atoms with Gasteiger partial charge in [0.2, 0.25) is 6.04 Å². The van der Waals surface area contributed by atoms with Crippen LogP contribution in [0.15, 0.2) is 53.0 Å². The monoisotopic (exact) mass is 332 g/mol. The summed E-state index contributed by atoms with van der Waals surface area (Å²) in [7, 11) is 0. The van der Waals surface area contributed by atoms with E-state index >= 15 is 0 Å². The largest absolute Gasteiger partial charge is 0.372 e. The maximum atomic E-state index is 11.4. The molecule has 2 aromatic carbocycles. The van der Waals surface area contributed by atoms with E-state index in [1.54, 1.807) is 0 Å². The lowest BCUT2D eigenvalue weighted by molar-refractivity contribution is -0.525. The van der Waals surface area contributed by atoms with E-state index < -0.39 is 6.04 Å². The van der Waals surface area contributed by atoms with Crippen molar-refractivity contribution < 1.29 is 4.92 Å². The molecule has 102 valence electrons. The van der Waals surface area contributed by atoms with Crippen LogP contribution >= 0.6 is 15.9 Å². The molecule has 0 amide bonds. The normalized spacial score (nSPS) is 20.9. The van der Waals surface area contributed by atoms with Crippen molar-refractivity contribution in [2.24, 2.45) is 0 Å². The summed E-state index contributed by atoms with van der Waals surface area (Å²) in [5, 5.41) is 14.7. The SMILES string of the molecule is O=[N+]([O-])[C@H]1Cc2ccccc2N[C@@H]1c1ccc(Br)cc1. The standard InChI is InChI=1S/C15H13BrN2O2/c16-12-7-5-10(6-8-12)15-14(18(19)20)9-11-3-1-2-4-13(11)17-15/h1-8,14-15,17H,9H2/t14-,15+/m0/s1. The minimum atomic E-state index is -0.647. The number of anilines is 1.